The Labute approximate surface area is 188 Å². The fourth-order valence-corrected chi connectivity index (χ4v) is 5.02. The molecule has 1 saturated carbocycles. The highest BCUT2D eigenvalue weighted by Crippen LogP contribution is 2.32. The monoisotopic (exact) mass is 431 g/mol. The zero-order valence-electron chi connectivity index (χ0n) is 18.2. The molecule has 1 unspecified atom stereocenters. The van der Waals surface area contributed by atoms with E-state index >= 15 is 0 Å². The van der Waals surface area contributed by atoms with Gasteiger partial charge in [-0.05, 0) is 61.4 Å². The number of nitrogens with zero attached hydrogens (tertiary/aromatic N) is 1. The number of allylic oxidation sites excluding steroid dienone is 1. The fourth-order valence-electron chi connectivity index (χ4n) is 5.02. The Hall–Kier alpha value is -3.12. The highest BCUT2D eigenvalue weighted by atomic mass is 16.5. The van der Waals surface area contributed by atoms with Crippen molar-refractivity contribution in [2.75, 3.05) is 0 Å². The van der Waals surface area contributed by atoms with Gasteiger partial charge in [0, 0.05) is 30.4 Å². The lowest BCUT2D eigenvalue weighted by Crippen LogP contribution is -2.49. The molecule has 32 heavy (non-hydrogen) atoms. The van der Waals surface area contributed by atoms with Crippen molar-refractivity contribution >= 4 is 11.8 Å². The van der Waals surface area contributed by atoms with Gasteiger partial charge in [0.2, 0.25) is 5.91 Å². The second kappa shape index (κ2) is 8.79. The van der Waals surface area contributed by atoms with E-state index in [1.807, 2.05) is 24.3 Å². The third kappa shape index (κ3) is 4.15. The first-order valence-electron chi connectivity index (χ1n) is 11.4. The van der Waals surface area contributed by atoms with Crippen LogP contribution in [-0.2, 0) is 17.9 Å². The van der Waals surface area contributed by atoms with Crippen molar-refractivity contribution in [1.29, 1.82) is 0 Å². The Kier molecular flexibility index (Phi) is 5.70. The normalized spacial score (nSPS) is 25.1. The van der Waals surface area contributed by atoms with Crippen molar-refractivity contribution in [3.63, 3.8) is 0 Å². The molecule has 0 bridgehead atoms. The highest BCUT2D eigenvalue weighted by molar-refractivity contribution is 6.01. The lowest BCUT2D eigenvalue weighted by molar-refractivity contribution is -0.126. The number of nitrogens with one attached hydrogen (secondary N) is 2. The molecule has 2 amide bonds. The van der Waals surface area contributed by atoms with Crippen molar-refractivity contribution in [2.45, 2.75) is 63.4 Å². The van der Waals surface area contributed by atoms with Crippen molar-refractivity contribution in [3.05, 3.63) is 77.5 Å². The lowest BCUT2D eigenvalue weighted by atomic mass is 10.0. The van der Waals surface area contributed by atoms with Gasteiger partial charge in [0.15, 0.2) is 0 Å². The van der Waals surface area contributed by atoms with Gasteiger partial charge in [-0.3, -0.25) is 9.59 Å². The summed E-state index contributed by atoms with van der Waals surface area (Å²) in [5.74, 6) is 0.568. The van der Waals surface area contributed by atoms with Crippen LogP contribution in [-0.4, -0.2) is 34.9 Å². The number of amides is 2. The molecule has 2 N–H and O–H groups in total. The van der Waals surface area contributed by atoms with E-state index in [2.05, 4.69) is 41.5 Å². The summed E-state index contributed by atoms with van der Waals surface area (Å²) in [6.45, 7) is 5.09. The van der Waals surface area contributed by atoms with Crippen LogP contribution < -0.4 is 15.4 Å². The number of benzene rings is 2. The molecule has 1 aliphatic carbocycles. The highest BCUT2D eigenvalue weighted by Gasteiger charge is 2.38. The SMILES string of the molecule is C=C1CCC(N2Cc3cc(O[C@@H]4CCC[C@@H]4NCc4ccccc4)ccc3C2=O)C(=O)N1. The first-order chi connectivity index (χ1) is 15.6. The summed E-state index contributed by atoms with van der Waals surface area (Å²) in [5.41, 5.74) is 3.58. The van der Waals surface area contributed by atoms with E-state index in [1.54, 1.807) is 4.90 Å². The van der Waals surface area contributed by atoms with Crippen LogP contribution in [0.3, 0.4) is 0 Å². The molecule has 1 saturated heterocycles. The average Bonchev–Trinajstić information content (AvgIpc) is 3.37. The molecular weight excluding hydrogens is 402 g/mol. The Bertz CT molecular complexity index is 1040. The van der Waals surface area contributed by atoms with Crippen LogP contribution in [0.2, 0.25) is 0 Å². The van der Waals surface area contributed by atoms with E-state index in [1.165, 1.54) is 5.56 Å². The van der Waals surface area contributed by atoms with Gasteiger partial charge in [0.25, 0.3) is 5.91 Å². The summed E-state index contributed by atoms with van der Waals surface area (Å²) in [6, 6.07) is 16.0. The summed E-state index contributed by atoms with van der Waals surface area (Å²) in [4.78, 5) is 27.0. The van der Waals surface area contributed by atoms with E-state index in [-0.39, 0.29) is 17.9 Å². The maximum absolute atomic E-state index is 12.9. The second-order valence-electron chi connectivity index (χ2n) is 8.96. The summed E-state index contributed by atoms with van der Waals surface area (Å²) in [5, 5.41) is 6.43. The molecule has 2 heterocycles. The van der Waals surface area contributed by atoms with Crippen LogP contribution in [0.5, 0.6) is 5.75 Å². The number of hydrogen-bond donors (Lipinski definition) is 2. The number of carbonyl (C=O) groups excluding carboxylic acids is 2. The third-order valence-electron chi connectivity index (χ3n) is 6.76. The van der Waals surface area contributed by atoms with Crippen molar-refractivity contribution in [1.82, 2.24) is 15.5 Å². The summed E-state index contributed by atoms with van der Waals surface area (Å²) < 4.78 is 6.37. The Balaban J connectivity index is 1.24. The van der Waals surface area contributed by atoms with E-state index < -0.39 is 6.04 Å². The quantitative estimate of drug-likeness (QED) is 0.734. The van der Waals surface area contributed by atoms with Crippen LogP contribution in [0, 0.1) is 0 Å². The van der Waals surface area contributed by atoms with Gasteiger partial charge in [0.1, 0.15) is 17.9 Å². The zero-order valence-corrected chi connectivity index (χ0v) is 18.2. The van der Waals surface area contributed by atoms with Crippen molar-refractivity contribution in [2.24, 2.45) is 0 Å². The molecule has 0 aromatic heterocycles. The summed E-state index contributed by atoms with van der Waals surface area (Å²) in [7, 11) is 0. The van der Waals surface area contributed by atoms with E-state index in [0.29, 0.717) is 31.0 Å². The number of fused-ring (bicyclic) bond motifs is 1. The van der Waals surface area contributed by atoms with Crippen LogP contribution in [0.15, 0.2) is 60.8 Å². The molecule has 3 aliphatic rings. The molecule has 0 radical (unpaired) electrons. The van der Waals surface area contributed by atoms with Crippen LogP contribution in [0.4, 0.5) is 0 Å². The smallest absolute Gasteiger partial charge is 0.255 e. The molecule has 5 rings (SSSR count). The van der Waals surface area contributed by atoms with Gasteiger partial charge in [-0.25, -0.2) is 0 Å². The zero-order chi connectivity index (χ0) is 22.1. The van der Waals surface area contributed by atoms with Crippen molar-refractivity contribution < 1.29 is 14.3 Å². The number of ether oxygens (including phenoxy) is 1. The minimum absolute atomic E-state index is 0.0810. The molecule has 6 heteroatoms. The van der Waals surface area contributed by atoms with E-state index in [4.69, 9.17) is 4.74 Å². The Morgan fingerprint density at radius 3 is 2.75 bits per heavy atom. The van der Waals surface area contributed by atoms with Crippen LogP contribution in [0.1, 0.15) is 53.6 Å². The second-order valence-corrected chi connectivity index (χ2v) is 8.96. The summed E-state index contributed by atoms with van der Waals surface area (Å²) >= 11 is 0. The summed E-state index contributed by atoms with van der Waals surface area (Å²) in [6.07, 6.45) is 4.67. The maximum atomic E-state index is 12.9. The van der Waals surface area contributed by atoms with Gasteiger partial charge < -0.3 is 20.3 Å². The van der Waals surface area contributed by atoms with Gasteiger partial charge in [-0.2, -0.15) is 0 Å². The number of carbonyl (C=O) groups is 2. The number of piperidine rings is 1. The largest absolute Gasteiger partial charge is 0.489 e. The fraction of sp³-hybridized carbons (Fsp3) is 0.385. The topological polar surface area (TPSA) is 70.7 Å². The Morgan fingerprint density at radius 1 is 1.09 bits per heavy atom. The standard InChI is InChI=1S/C26H29N3O3/c1-17-10-13-23(25(30)28-17)29-16-19-14-20(11-12-21(19)26(29)31)32-24-9-5-8-22(24)27-15-18-6-3-2-4-7-18/h2-4,6-7,11-12,14,22-24,27H,1,5,8-10,13,15-16H2,(H,28,30)/t22-,23?,24+/m0/s1. The van der Waals surface area contributed by atoms with Crippen LogP contribution >= 0.6 is 0 Å². The van der Waals surface area contributed by atoms with Gasteiger partial charge in [0.05, 0.1) is 0 Å². The number of rotatable bonds is 6. The predicted octanol–water partition coefficient (Wildman–Crippen LogP) is 3.52. The van der Waals surface area contributed by atoms with Crippen LogP contribution in [0.25, 0.3) is 0 Å². The van der Waals surface area contributed by atoms with Crippen molar-refractivity contribution in [3.8, 4) is 5.75 Å². The third-order valence-corrected chi connectivity index (χ3v) is 6.76. The maximum Gasteiger partial charge on any atom is 0.255 e. The van der Waals surface area contributed by atoms with E-state index in [0.717, 1.165) is 42.8 Å². The predicted molar refractivity (Wildman–Crippen MR) is 122 cm³/mol. The molecular formula is C26H29N3O3. The molecule has 3 atom stereocenters. The van der Waals surface area contributed by atoms with E-state index in [9.17, 15) is 9.59 Å². The molecule has 2 aromatic carbocycles. The first kappa shape index (κ1) is 20.8. The molecule has 166 valence electrons. The van der Waals surface area contributed by atoms with Gasteiger partial charge in [-0.15, -0.1) is 0 Å². The minimum Gasteiger partial charge on any atom is -0.489 e. The number of hydrogen-bond acceptors (Lipinski definition) is 4. The minimum atomic E-state index is -0.439. The lowest BCUT2D eigenvalue weighted by Gasteiger charge is -2.30. The average molecular weight is 432 g/mol. The molecule has 2 aromatic rings. The molecule has 6 nitrogen and oxygen atoms in total. The van der Waals surface area contributed by atoms with Gasteiger partial charge >= 0.3 is 0 Å². The molecule has 2 fully saturated rings. The Morgan fingerprint density at radius 2 is 1.94 bits per heavy atom. The first-order valence-corrected chi connectivity index (χ1v) is 11.4. The van der Waals surface area contributed by atoms with Gasteiger partial charge in [-0.1, -0.05) is 36.9 Å². The molecule has 2 aliphatic heterocycles. The molecule has 0 spiro atoms.